The summed E-state index contributed by atoms with van der Waals surface area (Å²) in [6.07, 6.45) is 0. The van der Waals surface area contributed by atoms with Crippen LogP contribution in [0.4, 0.5) is 0 Å². The van der Waals surface area contributed by atoms with Gasteiger partial charge in [0, 0.05) is 32.2 Å². The van der Waals surface area contributed by atoms with Gasteiger partial charge >= 0.3 is 0 Å². The zero-order valence-corrected chi connectivity index (χ0v) is 23.1. The monoisotopic (exact) mass is 539 g/mol. The van der Waals surface area contributed by atoms with E-state index in [1.54, 1.807) is 0 Å². The van der Waals surface area contributed by atoms with E-state index in [0.29, 0.717) is 0 Å². The number of nitrogens with zero attached hydrogens (tertiary/aromatic N) is 1. The van der Waals surface area contributed by atoms with Gasteiger partial charge in [0.05, 0.1) is 11.0 Å². The molecule has 1 aliphatic heterocycles. The van der Waals surface area contributed by atoms with Crippen molar-refractivity contribution in [3.8, 4) is 5.69 Å². The smallest absolute Gasteiger partial charge is 0.0544 e. The Morgan fingerprint density at radius 1 is 0.439 bits per heavy atom. The topological polar surface area (TPSA) is 4.93 Å². The Morgan fingerprint density at radius 2 is 1.00 bits per heavy atom. The van der Waals surface area contributed by atoms with Gasteiger partial charge in [0.15, 0.2) is 0 Å². The van der Waals surface area contributed by atoms with Crippen molar-refractivity contribution in [1.82, 2.24) is 4.57 Å². The summed E-state index contributed by atoms with van der Waals surface area (Å²) in [5.74, 6) is 0.0946. The lowest BCUT2D eigenvalue weighted by Gasteiger charge is -2.31. The van der Waals surface area contributed by atoms with E-state index in [1.165, 1.54) is 75.5 Å². The molecule has 0 unspecified atom stereocenters. The van der Waals surface area contributed by atoms with Crippen molar-refractivity contribution in [2.45, 2.75) is 15.7 Å². The molecule has 0 aliphatic carbocycles. The lowest BCUT2D eigenvalue weighted by atomic mass is 9.79. The first kappa shape index (κ1) is 23.0. The van der Waals surface area contributed by atoms with Gasteiger partial charge in [-0.2, -0.15) is 0 Å². The Kier molecular flexibility index (Phi) is 4.96. The van der Waals surface area contributed by atoms with E-state index in [9.17, 15) is 0 Å². The van der Waals surface area contributed by atoms with Crippen molar-refractivity contribution < 1.29 is 0 Å². The Morgan fingerprint density at radius 3 is 1.68 bits per heavy atom. The standard InChI is InChI=1S/C39H25NS/c1-2-13-27(14-3-1)40-32-19-9-8-17-30(32)36-31(18-10-20-33(36)40)39-37-28-15-6-4-11-25(28)21-23-34(37)41-35-24-22-26-12-5-7-16-29(26)38(35)39/h1-24,39H. The van der Waals surface area contributed by atoms with Gasteiger partial charge in [-0.15, -0.1) is 0 Å². The lowest BCUT2D eigenvalue weighted by Crippen LogP contribution is -2.12. The lowest BCUT2D eigenvalue weighted by molar-refractivity contribution is 0.935. The quantitative estimate of drug-likeness (QED) is 0.211. The molecule has 0 radical (unpaired) electrons. The number of hydrogen-bond donors (Lipinski definition) is 0. The molecule has 41 heavy (non-hydrogen) atoms. The second-order valence-corrected chi connectivity index (χ2v) is 11.9. The van der Waals surface area contributed by atoms with Crippen molar-refractivity contribution in [3.05, 3.63) is 162 Å². The molecule has 2 heteroatoms. The van der Waals surface area contributed by atoms with Gasteiger partial charge in [-0.1, -0.05) is 121 Å². The van der Waals surface area contributed by atoms with Crippen molar-refractivity contribution in [2.75, 3.05) is 0 Å². The molecule has 1 nitrogen and oxygen atoms in total. The predicted molar refractivity (Wildman–Crippen MR) is 174 cm³/mol. The Hall–Kier alpha value is -4.79. The summed E-state index contributed by atoms with van der Waals surface area (Å²) in [6.45, 7) is 0. The van der Waals surface area contributed by atoms with Crippen LogP contribution in [0.15, 0.2) is 155 Å². The fraction of sp³-hybridized carbons (Fsp3) is 0.0256. The average molecular weight is 540 g/mol. The SMILES string of the molecule is c1ccc(-n2c3ccccc3c3c(C4c5c(ccc6ccccc56)Sc5ccc6ccccc6c54)cccc32)cc1. The van der Waals surface area contributed by atoms with Crippen LogP contribution >= 0.6 is 11.8 Å². The van der Waals surface area contributed by atoms with Crippen LogP contribution in [0.5, 0.6) is 0 Å². The molecule has 7 aromatic carbocycles. The molecular weight excluding hydrogens is 515 g/mol. The summed E-state index contributed by atoms with van der Waals surface area (Å²) in [7, 11) is 0. The molecule has 0 atom stereocenters. The highest BCUT2D eigenvalue weighted by atomic mass is 32.2. The fourth-order valence-electron chi connectivity index (χ4n) is 7.04. The number of benzene rings is 7. The molecule has 2 heterocycles. The molecule has 0 bridgehead atoms. The van der Waals surface area contributed by atoms with Crippen LogP contribution in [0, 0.1) is 0 Å². The van der Waals surface area contributed by atoms with Gasteiger partial charge in [0.2, 0.25) is 0 Å². The first-order chi connectivity index (χ1) is 20.4. The predicted octanol–water partition coefficient (Wildman–Crippen LogP) is 10.7. The highest BCUT2D eigenvalue weighted by Crippen LogP contribution is 2.54. The third-order valence-corrected chi connectivity index (χ3v) is 9.87. The number of aromatic nitrogens is 1. The molecular formula is C39H25NS. The maximum Gasteiger partial charge on any atom is 0.0544 e. The minimum atomic E-state index is 0.0946. The fourth-order valence-corrected chi connectivity index (χ4v) is 8.23. The van der Waals surface area contributed by atoms with Gasteiger partial charge in [0.1, 0.15) is 0 Å². The van der Waals surface area contributed by atoms with E-state index < -0.39 is 0 Å². The third kappa shape index (κ3) is 3.32. The minimum absolute atomic E-state index is 0.0946. The molecule has 9 rings (SSSR count). The molecule has 192 valence electrons. The van der Waals surface area contributed by atoms with Gasteiger partial charge in [-0.25, -0.2) is 0 Å². The van der Waals surface area contributed by atoms with Gasteiger partial charge in [-0.3, -0.25) is 0 Å². The molecule has 0 fully saturated rings. The molecule has 0 saturated heterocycles. The molecule has 0 saturated carbocycles. The van der Waals surface area contributed by atoms with Gasteiger partial charge < -0.3 is 4.57 Å². The van der Waals surface area contributed by atoms with E-state index in [0.717, 1.165) is 0 Å². The molecule has 8 aromatic rings. The summed E-state index contributed by atoms with van der Waals surface area (Å²) in [5, 5.41) is 7.89. The first-order valence-corrected chi connectivity index (χ1v) is 15.0. The van der Waals surface area contributed by atoms with Crippen LogP contribution in [0.25, 0.3) is 49.0 Å². The Balaban J connectivity index is 1.47. The van der Waals surface area contributed by atoms with Crippen molar-refractivity contribution in [3.63, 3.8) is 0 Å². The number of rotatable bonds is 2. The second kappa shape index (κ2) is 8.86. The number of hydrogen-bond acceptors (Lipinski definition) is 1. The van der Waals surface area contributed by atoms with Crippen LogP contribution in [-0.4, -0.2) is 4.57 Å². The van der Waals surface area contributed by atoms with E-state index in [1.807, 2.05) is 11.8 Å². The summed E-state index contributed by atoms with van der Waals surface area (Å²) < 4.78 is 2.43. The van der Waals surface area contributed by atoms with E-state index in [2.05, 4.69) is 150 Å². The van der Waals surface area contributed by atoms with Gasteiger partial charge in [0.25, 0.3) is 0 Å². The van der Waals surface area contributed by atoms with Crippen molar-refractivity contribution in [1.29, 1.82) is 0 Å². The normalized spacial score (nSPS) is 13.2. The second-order valence-electron chi connectivity index (χ2n) is 10.9. The molecule has 0 N–H and O–H groups in total. The molecule has 0 amide bonds. The van der Waals surface area contributed by atoms with Crippen LogP contribution in [0.1, 0.15) is 22.6 Å². The van der Waals surface area contributed by atoms with Crippen molar-refractivity contribution in [2.24, 2.45) is 0 Å². The van der Waals surface area contributed by atoms with Gasteiger partial charge in [-0.05, 0) is 74.6 Å². The molecule has 1 aliphatic rings. The van der Waals surface area contributed by atoms with Crippen LogP contribution in [0.3, 0.4) is 0 Å². The Labute approximate surface area is 242 Å². The average Bonchev–Trinajstić information content (AvgIpc) is 3.38. The number of fused-ring (bicyclic) bond motifs is 9. The third-order valence-electron chi connectivity index (χ3n) is 8.71. The Bertz CT molecular complexity index is 2210. The van der Waals surface area contributed by atoms with Crippen LogP contribution in [0.2, 0.25) is 0 Å². The summed E-state index contributed by atoms with van der Waals surface area (Å²) in [6, 6.07) is 53.6. The highest BCUT2D eigenvalue weighted by Gasteiger charge is 2.33. The van der Waals surface area contributed by atoms with Crippen LogP contribution < -0.4 is 0 Å². The summed E-state index contributed by atoms with van der Waals surface area (Å²) >= 11 is 1.92. The highest BCUT2D eigenvalue weighted by molar-refractivity contribution is 7.99. The zero-order valence-electron chi connectivity index (χ0n) is 22.3. The first-order valence-electron chi connectivity index (χ1n) is 14.2. The zero-order chi connectivity index (χ0) is 26.9. The molecule has 0 spiro atoms. The minimum Gasteiger partial charge on any atom is -0.309 e. The maximum atomic E-state index is 2.43. The number of para-hydroxylation sites is 2. The van der Waals surface area contributed by atoms with E-state index >= 15 is 0 Å². The summed E-state index contributed by atoms with van der Waals surface area (Å²) in [5.41, 5.74) is 7.87. The van der Waals surface area contributed by atoms with Crippen molar-refractivity contribution >= 4 is 55.1 Å². The molecule has 1 aromatic heterocycles. The summed E-state index contributed by atoms with van der Waals surface area (Å²) in [4.78, 5) is 2.69. The largest absolute Gasteiger partial charge is 0.309 e. The maximum absolute atomic E-state index is 2.43. The van der Waals surface area contributed by atoms with E-state index in [-0.39, 0.29) is 5.92 Å². The van der Waals surface area contributed by atoms with Crippen LogP contribution in [-0.2, 0) is 0 Å². The van der Waals surface area contributed by atoms with E-state index in [4.69, 9.17) is 0 Å².